The molecule has 2 atom stereocenters. The van der Waals surface area contributed by atoms with Crippen LogP contribution in [0.3, 0.4) is 0 Å². The van der Waals surface area contributed by atoms with Gasteiger partial charge in [0, 0.05) is 44.8 Å². The van der Waals surface area contributed by atoms with Crippen molar-refractivity contribution in [1.82, 2.24) is 19.6 Å². The van der Waals surface area contributed by atoms with Gasteiger partial charge in [0.15, 0.2) is 0 Å². The number of ether oxygens (including phenoxy) is 1. The Morgan fingerprint density at radius 3 is 2.26 bits per heavy atom. The van der Waals surface area contributed by atoms with Gasteiger partial charge >= 0.3 is 0 Å². The molecule has 3 aliphatic rings. The van der Waals surface area contributed by atoms with Gasteiger partial charge in [0.1, 0.15) is 0 Å². The summed E-state index contributed by atoms with van der Waals surface area (Å²) in [5.74, 6) is 0. The highest BCUT2D eigenvalue weighted by Gasteiger charge is 2.46. The first kappa shape index (κ1) is 17.6. The van der Waals surface area contributed by atoms with Gasteiger partial charge in [-0.25, -0.2) is 0 Å². The maximum atomic E-state index is 5.53. The first-order valence-corrected chi connectivity index (χ1v) is 9.46. The van der Waals surface area contributed by atoms with Crippen molar-refractivity contribution in [2.45, 2.75) is 44.3 Å². The van der Waals surface area contributed by atoms with Crippen molar-refractivity contribution in [2.75, 3.05) is 73.1 Å². The SMILES string of the molecule is C[C@H](C[C@H](C)N1CCCN(C)CC1)N1CCN(C)C2(COC2)C1. The molecule has 5 nitrogen and oxygen atoms in total. The van der Waals surface area contributed by atoms with Crippen LogP contribution in [-0.2, 0) is 4.74 Å². The molecule has 3 saturated heterocycles. The average Bonchev–Trinajstić information content (AvgIpc) is 2.70. The second-order valence-corrected chi connectivity index (χ2v) is 8.24. The largest absolute Gasteiger partial charge is 0.377 e. The lowest BCUT2D eigenvalue weighted by molar-refractivity contribution is -0.166. The van der Waals surface area contributed by atoms with Gasteiger partial charge in [-0.3, -0.25) is 14.7 Å². The summed E-state index contributed by atoms with van der Waals surface area (Å²) < 4.78 is 5.53. The van der Waals surface area contributed by atoms with Gasteiger partial charge in [-0.2, -0.15) is 0 Å². The summed E-state index contributed by atoms with van der Waals surface area (Å²) in [6, 6.07) is 1.35. The van der Waals surface area contributed by atoms with Gasteiger partial charge in [0.2, 0.25) is 0 Å². The van der Waals surface area contributed by atoms with E-state index in [1.165, 1.54) is 58.7 Å². The third-order valence-corrected chi connectivity index (χ3v) is 6.45. The summed E-state index contributed by atoms with van der Waals surface area (Å²) in [5.41, 5.74) is 0.307. The lowest BCUT2D eigenvalue weighted by Gasteiger charge is -2.55. The average molecular weight is 325 g/mol. The minimum absolute atomic E-state index is 0.307. The Bertz CT molecular complexity index is 387. The van der Waals surface area contributed by atoms with Crippen LogP contribution >= 0.6 is 0 Å². The molecule has 0 bridgehead atoms. The van der Waals surface area contributed by atoms with Gasteiger partial charge in [-0.1, -0.05) is 0 Å². The van der Waals surface area contributed by atoms with Crippen LogP contribution in [0.2, 0.25) is 0 Å². The Kier molecular flexibility index (Phi) is 5.64. The molecule has 0 amide bonds. The Morgan fingerprint density at radius 1 is 0.870 bits per heavy atom. The summed E-state index contributed by atoms with van der Waals surface area (Å²) in [7, 11) is 4.52. The Balaban J connectivity index is 1.51. The molecule has 1 spiro atoms. The smallest absolute Gasteiger partial charge is 0.0805 e. The molecule has 0 radical (unpaired) electrons. The normalized spacial score (nSPS) is 30.8. The third-order valence-electron chi connectivity index (χ3n) is 6.45. The summed E-state index contributed by atoms with van der Waals surface area (Å²) in [6.45, 7) is 15.2. The zero-order chi connectivity index (χ0) is 16.4. The topological polar surface area (TPSA) is 22.2 Å². The molecule has 0 aromatic rings. The molecule has 5 heteroatoms. The summed E-state index contributed by atoms with van der Waals surface area (Å²) in [5, 5.41) is 0. The van der Waals surface area contributed by atoms with Crippen LogP contribution in [0.1, 0.15) is 26.7 Å². The van der Waals surface area contributed by atoms with Crippen molar-refractivity contribution >= 4 is 0 Å². The Labute approximate surface area is 142 Å². The van der Waals surface area contributed by atoms with Gasteiger partial charge in [-0.15, -0.1) is 0 Å². The van der Waals surface area contributed by atoms with Crippen LogP contribution in [0.4, 0.5) is 0 Å². The quantitative estimate of drug-likeness (QED) is 0.761. The molecule has 0 saturated carbocycles. The van der Waals surface area contributed by atoms with E-state index in [9.17, 15) is 0 Å². The summed E-state index contributed by atoms with van der Waals surface area (Å²) >= 11 is 0. The molecule has 0 N–H and O–H groups in total. The molecule has 3 heterocycles. The van der Waals surface area contributed by atoms with E-state index in [4.69, 9.17) is 4.74 Å². The molecule has 0 aliphatic carbocycles. The monoisotopic (exact) mass is 324 g/mol. The van der Waals surface area contributed by atoms with Crippen LogP contribution in [-0.4, -0.2) is 110 Å². The fourth-order valence-electron chi connectivity index (χ4n) is 4.42. The van der Waals surface area contributed by atoms with E-state index in [1.807, 2.05) is 0 Å². The molecule has 3 fully saturated rings. The zero-order valence-corrected chi connectivity index (χ0v) is 15.6. The molecule has 23 heavy (non-hydrogen) atoms. The minimum atomic E-state index is 0.307. The molecule has 0 aromatic heterocycles. The van der Waals surface area contributed by atoms with Gasteiger partial charge in [0.25, 0.3) is 0 Å². The van der Waals surface area contributed by atoms with Crippen molar-refractivity contribution in [2.24, 2.45) is 0 Å². The molecular formula is C18H36N4O. The Hall–Kier alpha value is -0.200. The van der Waals surface area contributed by atoms with Crippen molar-refractivity contribution in [3.63, 3.8) is 0 Å². The van der Waals surface area contributed by atoms with E-state index >= 15 is 0 Å². The van der Waals surface area contributed by atoms with E-state index in [2.05, 4.69) is 47.5 Å². The van der Waals surface area contributed by atoms with Crippen LogP contribution in [0.15, 0.2) is 0 Å². The number of piperazine rings is 1. The second-order valence-electron chi connectivity index (χ2n) is 8.24. The van der Waals surface area contributed by atoms with Crippen molar-refractivity contribution in [1.29, 1.82) is 0 Å². The summed E-state index contributed by atoms with van der Waals surface area (Å²) in [6.07, 6.45) is 2.59. The number of hydrogen-bond acceptors (Lipinski definition) is 5. The van der Waals surface area contributed by atoms with E-state index in [0.717, 1.165) is 13.2 Å². The standard InChI is InChI=1S/C18H36N4O/c1-16(21-7-5-6-19(3)8-10-21)12-17(2)22-11-9-20(4)18(13-22)14-23-15-18/h16-17H,5-15H2,1-4H3/t16-,17+/m0/s1. The van der Waals surface area contributed by atoms with Gasteiger partial charge in [-0.05, 0) is 53.9 Å². The second kappa shape index (κ2) is 7.36. The number of rotatable bonds is 4. The minimum Gasteiger partial charge on any atom is -0.377 e. The van der Waals surface area contributed by atoms with E-state index < -0.39 is 0 Å². The lowest BCUT2D eigenvalue weighted by atomic mass is 9.91. The van der Waals surface area contributed by atoms with E-state index in [0.29, 0.717) is 17.6 Å². The van der Waals surface area contributed by atoms with Crippen LogP contribution in [0, 0.1) is 0 Å². The third kappa shape index (κ3) is 3.90. The fraction of sp³-hybridized carbons (Fsp3) is 1.00. The summed E-state index contributed by atoms with van der Waals surface area (Å²) in [4.78, 5) is 10.4. The highest BCUT2D eigenvalue weighted by atomic mass is 16.5. The molecule has 3 aliphatic heterocycles. The van der Waals surface area contributed by atoms with Crippen molar-refractivity contribution in [3.05, 3.63) is 0 Å². The Morgan fingerprint density at radius 2 is 1.57 bits per heavy atom. The first-order valence-electron chi connectivity index (χ1n) is 9.46. The highest BCUT2D eigenvalue weighted by Crippen LogP contribution is 2.29. The van der Waals surface area contributed by atoms with E-state index in [-0.39, 0.29) is 0 Å². The zero-order valence-electron chi connectivity index (χ0n) is 15.6. The van der Waals surface area contributed by atoms with Crippen molar-refractivity contribution in [3.8, 4) is 0 Å². The van der Waals surface area contributed by atoms with Crippen LogP contribution in [0.25, 0.3) is 0 Å². The van der Waals surface area contributed by atoms with Crippen LogP contribution in [0.5, 0.6) is 0 Å². The number of hydrogen-bond donors (Lipinski definition) is 0. The predicted molar refractivity (Wildman–Crippen MR) is 95.0 cm³/mol. The van der Waals surface area contributed by atoms with Gasteiger partial charge in [0.05, 0.1) is 18.8 Å². The maximum Gasteiger partial charge on any atom is 0.0805 e. The maximum absolute atomic E-state index is 5.53. The molecule has 134 valence electrons. The molecular weight excluding hydrogens is 288 g/mol. The lowest BCUT2D eigenvalue weighted by Crippen LogP contribution is -2.71. The first-order chi connectivity index (χ1) is 11.0. The van der Waals surface area contributed by atoms with Gasteiger partial charge < -0.3 is 9.64 Å². The molecule has 3 rings (SSSR count). The fourth-order valence-corrected chi connectivity index (χ4v) is 4.42. The number of likely N-dealkylation sites (N-methyl/N-ethyl adjacent to an activating group) is 2. The van der Waals surface area contributed by atoms with E-state index in [1.54, 1.807) is 0 Å². The van der Waals surface area contributed by atoms with Crippen LogP contribution < -0.4 is 0 Å². The predicted octanol–water partition coefficient (Wildman–Crippen LogP) is 0.807. The number of nitrogens with zero attached hydrogens (tertiary/aromatic N) is 4. The molecule has 0 unspecified atom stereocenters. The molecule has 0 aromatic carbocycles. The highest BCUT2D eigenvalue weighted by molar-refractivity contribution is 5.02. The van der Waals surface area contributed by atoms with Crippen molar-refractivity contribution < 1.29 is 4.74 Å².